The summed E-state index contributed by atoms with van der Waals surface area (Å²) in [6.07, 6.45) is 5.73. The summed E-state index contributed by atoms with van der Waals surface area (Å²) in [5.41, 5.74) is 2.58. The number of aromatic nitrogens is 3. The number of benzene rings is 3. The van der Waals surface area contributed by atoms with Crippen LogP contribution in [0.1, 0.15) is 87.7 Å². The molecule has 53 heavy (non-hydrogen) atoms. The zero-order valence-corrected chi connectivity index (χ0v) is 32.9. The number of unbranched alkanes of at least 4 members (excludes halogenated alkanes) is 2. The molecule has 5 aromatic rings. The van der Waals surface area contributed by atoms with Crippen LogP contribution in [0.3, 0.4) is 0 Å². The number of carbonyl (C=O) groups is 3. The Morgan fingerprint density at radius 1 is 0.962 bits per heavy atom. The molecule has 0 saturated heterocycles. The van der Waals surface area contributed by atoms with Crippen LogP contribution < -0.4 is 4.72 Å². The van der Waals surface area contributed by atoms with Crippen LogP contribution in [-0.2, 0) is 23.0 Å². The van der Waals surface area contributed by atoms with Gasteiger partial charge in [-0.2, -0.15) is 5.10 Å². The number of carbonyl (C=O) groups excluding carboxylic acids is 3. The fourth-order valence-corrected chi connectivity index (χ4v) is 7.95. The standard InChI is InChI=1S/C39H40BrClN6O5S/c1-4-6-17-45(18-7-5-2)39(50)36-35(41)25(3)47(43-36)34-15-13-28(22-32(34)38(49)46-19-16-33-29(24-46)20-30(40)23-42-33)37(48)44-53(51,52)31-14-12-26-10-8-9-11-27(26)21-31/h8-15,20-23H,4-7,16-19,24H2,1-3H3,(H,44,48). The van der Waals surface area contributed by atoms with Crippen molar-refractivity contribution in [3.63, 3.8) is 0 Å². The molecule has 6 rings (SSSR count). The van der Waals surface area contributed by atoms with E-state index >= 15 is 0 Å². The van der Waals surface area contributed by atoms with Crippen LogP contribution in [0.15, 0.2) is 82.3 Å². The largest absolute Gasteiger partial charge is 0.337 e. The summed E-state index contributed by atoms with van der Waals surface area (Å²) >= 11 is 10.3. The number of hydrogen-bond donors (Lipinski definition) is 1. The Hall–Kier alpha value is -4.59. The highest BCUT2D eigenvalue weighted by Crippen LogP contribution is 2.30. The number of fused-ring (bicyclic) bond motifs is 2. The lowest BCUT2D eigenvalue weighted by atomic mass is 10.0. The van der Waals surface area contributed by atoms with Gasteiger partial charge in [0.25, 0.3) is 27.7 Å². The minimum atomic E-state index is -4.28. The van der Waals surface area contributed by atoms with E-state index in [1.54, 1.807) is 41.1 Å². The van der Waals surface area contributed by atoms with Crippen LogP contribution in [0, 0.1) is 6.92 Å². The van der Waals surface area contributed by atoms with E-state index in [0.717, 1.165) is 46.8 Å². The van der Waals surface area contributed by atoms with Crippen LogP contribution in [0.4, 0.5) is 0 Å². The van der Waals surface area contributed by atoms with Gasteiger partial charge in [0, 0.05) is 54.5 Å². The molecule has 0 unspecified atom stereocenters. The second-order valence-corrected chi connectivity index (χ2v) is 16.0. The molecule has 1 aliphatic heterocycles. The van der Waals surface area contributed by atoms with Crippen molar-refractivity contribution in [3.8, 4) is 5.69 Å². The number of hydrogen-bond acceptors (Lipinski definition) is 7. The fourth-order valence-electron chi connectivity index (χ4n) is 6.37. The smallest absolute Gasteiger partial charge is 0.275 e. The van der Waals surface area contributed by atoms with E-state index in [1.807, 2.05) is 18.2 Å². The molecule has 1 N–H and O–H groups in total. The van der Waals surface area contributed by atoms with Gasteiger partial charge in [0.15, 0.2) is 5.69 Å². The van der Waals surface area contributed by atoms with Gasteiger partial charge in [0.1, 0.15) is 0 Å². The normalized spacial score (nSPS) is 12.8. The van der Waals surface area contributed by atoms with E-state index in [0.29, 0.717) is 37.1 Å². The maximum Gasteiger partial charge on any atom is 0.275 e. The first-order valence-electron chi connectivity index (χ1n) is 17.6. The second-order valence-electron chi connectivity index (χ2n) is 13.1. The molecule has 0 spiro atoms. The minimum Gasteiger partial charge on any atom is -0.337 e. The number of pyridine rings is 1. The molecule has 3 heterocycles. The summed E-state index contributed by atoms with van der Waals surface area (Å²) in [5, 5.41) is 6.38. The van der Waals surface area contributed by atoms with Crippen molar-refractivity contribution in [3.05, 3.63) is 116 Å². The highest BCUT2D eigenvalue weighted by Gasteiger charge is 2.30. The average Bonchev–Trinajstić information content (AvgIpc) is 3.46. The zero-order valence-electron chi connectivity index (χ0n) is 29.7. The third-order valence-corrected chi connectivity index (χ3v) is 11.6. The Labute approximate surface area is 322 Å². The lowest BCUT2D eigenvalue weighted by molar-refractivity contribution is 0.0731. The Morgan fingerprint density at radius 2 is 1.68 bits per heavy atom. The van der Waals surface area contributed by atoms with Crippen LogP contribution in [0.2, 0.25) is 5.02 Å². The molecule has 14 heteroatoms. The van der Waals surface area contributed by atoms with Gasteiger partial charge in [-0.25, -0.2) is 17.8 Å². The van der Waals surface area contributed by atoms with Gasteiger partial charge in [0.2, 0.25) is 0 Å². The first kappa shape index (κ1) is 38.1. The van der Waals surface area contributed by atoms with E-state index in [-0.39, 0.29) is 44.9 Å². The van der Waals surface area contributed by atoms with Crippen molar-refractivity contribution >= 4 is 66.0 Å². The summed E-state index contributed by atoms with van der Waals surface area (Å²) in [6, 6.07) is 18.2. The monoisotopic (exact) mass is 818 g/mol. The molecular weight excluding hydrogens is 780 g/mol. The molecule has 3 amide bonds. The third-order valence-electron chi connectivity index (χ3n) is 9.37. The molecule has 276 valence electrons. The van der Waals surface area contributed by atoms with Crippen molar-refractivity contribution in [2.24, 2.45) is 0 Å². The maximum absolute atomic E-state index is 14.5. The van der Waals surface area contributed by atoms with E-state index in [2.05, 4.69) is 44.6 Å². The predicted molar refractivity (Wildman–Crippen MR) is 208 cm³/mol. The number of amides is 3. The molecule has 0 aliphatic carbocycles. The SMILES string of the molecule is CCCCN(CCCC)C(=O)c1nn(-c2ccc(C(=O)NS(=O)(=O)c3ccc4ccccc4c3)cc2C(=O)N2CCc3ncc(Br)cc3C2)c(C)c1Cl. The third kappa shape index (κ3) is 8.17. The lowest BCUT2D eigenvalue weighted by Gasteiger charge is -2.29. The predicted octanol–water partition coefficient (Wildman–Crippen LogP) is 7.50. The highest BCUT2D eigenvalue weighted by atomic mass is 79.9. The van der Waals surface area contributed by atoms with E-state index < -0.39 is 21.8 Å². The van der Waals surface area contributed by atoms with Crippen molar-refractivity contribution in [1.29, 1.82) is 0 Å². The Morgan fingerprint density at radius 3 is 2.40 bits per heavy atom. The number of rotatable bonds is 12. The molecule has 3 aromatic carbocycles. The Bertz CT molecular complexity index is 2320. The van der Waals surface area contributed by atoms with E-state index in [9.17, 15) is 22.8 Å². The lowest BCUT2D eigenvalue weighted by Crippen LogP contribution is -2.37. The van der Waals surface area contributed by atoms with Crippen molar-refractivity contribution in [1.82, 2.24) is 29.3 Å². The number of nitrogens with zero attached hydrogens (tertiary/aromatic N) is 5. The zero-order chi connectivity index (χ0) is 37.9. The van der Waals surface area contributed by atoms with Crippen LogP contribution in [0.5, 0.6) is 0 Å². The quantitative estimate of drug-likeness (QED) is 0.138. The van der Waals surface area contributed by atoms with Gasteiger partial charge in [0.05, 0.1) is 26.9 Å². The molecule has 0 atom stereocenters. The van der Waals surface area contributed by atoms with Gasteiger partial charge in [-0.3, -0.25) is 19.4 Å². The Balaban J connectivity index is 1.38. The molecular formula is C39H40BrClN6O5S. The van der Waals surface area contributed by atoms with Crippen molar-refractivity contribution in [2.45, 2.75) is 64.3 Å². The van der Waals surface area contributed by atoms with Crippen LogP contribution in [-0.4, -0.2) is 70.3 Å². The first-order chi connectivity index (χ1) is 25.4. The molecule has 1 aliphatic rings. The van der Waals surface area contributed by atoms with Crippen LogP contribution in [0.25, 0.3) is 16.5 Å². The van der Waals surface area contributed by atoms with E-state index in [4.69, 9.17) is 11.6 Å². The van der Waals surface area contributed by atoms with E-state index in [1.165, 1.54) is 35.0 Å². The molecule has 0 bridgehead atoms. The number of sulfonamides is 1. The van der Waals surface area contributed by atoms with Gasteiger partial charge < -0.3 is 9.80 Å². The molecule has 0 saturated carbocycles. The van der Waals surface area contributed by atoms with Crippen LogP contribution >= 0.6 is 27.5 Å². The Kier molecular flexibility index (Phi) is 11.7. The van der Waals surface area contributed by atoms with Gasteiger partial charge in [-0.15, -0.1) is 0 Å². The number of nitrogens with one attached hydrogen (secondary N) is 1. The summed E-state index contributed by atoms with van der Waals surface area (Å²) < 4.78 is 31.2. The van der Waals surface area contributed by atoms with Crippen molar-refractivity contribution < 1.29 is 22.8 Å². The second kappa shape index (κ2) is 16.2. The van der Waals surface area contributed by atoms with Gasteiger partial charge in [-0.1, -0.05) is 68.6 Å². The first-order valence-corrected chi connectivity index (χ1v) is 20.2. The maximum atomic E-state index is 14.5. The topological polar surface area (TPSA) is 135 Å². The summed E-state index contributed by atoms with van der Waals surface area (Å²) in [4.78, 5) is 49.8. The fraction of sp³-hybridized carbons (Fsp3) is 0.308. The summed E-state index contributed by atoms with van der Waals surface area (Å²) in [7, 11) is -4.28. The highest BCUT2D eigenvalue weighted by molar-refractivity contribution is 9.10. The average molecular weight is 820 g/mol. The number of halogens is 2. The van der Waals surface area contributed by atoms with Crippen molar-refractivity contribution in [2.75, 3.05) is 19.6 Å². The molecule has 0 fully saturated rings. The van der Waals surface area contributed by atoms with Gasteiger partial charge >= 0.3 is 0 Å². The molecule has 2 aromatic heterocycles. The molecule has 0 radical (unpaired) electrons. The van der Waals surface area contributed by atoms with Gasteiger partial charge in [-0.05, 0) is 88.4 Å². The minimum absolute atomic E-state index is 0.0548. The molecule has 11 nitrogen and oxygen atoms in total. The summed E-state index contributed by atoms with van der Waals surface area (Å²) in [6.45, 7) is 7.58. The summed E-state index contributed by atoms with van der Waals surface area (Å²) in [5.74, 6) is -1.62.